The van der Waals surface area contributed by atoms with Crippen molar-refractivity contribution >= 4 is 33.4 Å². The summed E-state index contributed by atoms with van der Waals surface area (Å²) in [6, 6.07) is 13.5. The number of nitrogens with two attached hydrogens (primary N) is 2. The molecule has 3 aromatic heterocycles. The molecule has 5 atom stereocenters. The second-order valence-electron chi connectivity index (χ2n) is 9.09. The first-order valence-corrected chi connectivity index (χ1v) is 10.7. The molecule has 0 amide bonds. The van der Waals surface area contributed by atoms with Gasteiger partial charge in [0.05, 0.1) is 17.7 Å². The molecule has 6 rings (SSSR count). The average Bonchev–Trinajstić information content (AvgIpc) is 3.25. The van der Waals surface area contributed by atoms with Crippen molar-refractivity contribution in [3.8, 4) is 0 Å². The van der Waals surface area contributed by atoms with Crippen molar-refractivity contribution in [3.63, 3.8) is 0 Å². The third-order valence-corrected chi connectivity index (χ3v) is 7.48. The summed E-state index contributed by atoms with van der Waals surface area (Å²) in [6.45, 7) is 0. The summed E-state index contributed by atoms with van der Waals surface area (Å²) in [5, 5.41) is 23.9. The second kappa shape index (κ2) is 6.42. The molecule has 0 unspecified atom stereocenters. The largest absolute Gasteiger partial charge is 0.398 e. The summed E-state index contributed by atoms with van der Waals surface area (Å²) in [6.07, 6.45) is 4.57. The number of hydrogen-bond donors (Lipinski definition) is 4. The SMILES string of the molecule is Nc1ccc2ccc(CC[C@@]34C[C@@H]3[C@@H](n3ccc5c(N)ccnc53)[C@H](O)[C@@H]4O)cc2n1. The van der Waals surface area contributed by atoms with Crippen LogP contribution < -0.4 is 11.5 Å². The van der Waals surface area contributed by atoms with E-state index in [1.54, 1.807) is 18.3 Å². The maximum absolute atomic E-state index is 11.0. The number of aliphatic hydroxyl groups is 2. The molecule has 2 saturated carbocycles. The molecular weight excluding hydrogens is 390 g/mol. The lowest BCUT2D eigenvalue weighted by molar-refractivity contribution is -0.0191. The molecule has 1 aromatic carbocycles. The van der Waals surface area contributed by atoms with Crippen LogP contribution >= 0.6 is 0 Å². The zero-order valence-corrected chi connectivity index (χ0v) is 17.0. The molecule has 0 bridgehead atoms. The van der Waals surface area contributed by atoms with Gasteiger partial charge in [0.2, 0.25) is 0 Å². The highest BCUT2D eigenvalue weighted by Crippen LogP contribution is 2.69. The summed E-state index contributed by atoms with van der Waals surface area (Å²) in [5.41, 5.74) is 15.1. The van der Waals surface area contributed by atoms with E-state index in [4.69, 9.17) is 11.5 Å². The lowest BCUT2D eigenvalue weighted by Gasteiger charge is -2.24. The molecule has 6 N–H and O–H groups in total. The zero-order valence-electron chi connectivity index (χ0n) is 17.0. The van der Waals surface area contributed by atoms with Crippen molar-refractivity contribution in [1.82, 2.24) is 14.5 Å². The third kappa shape index (κ3) is 2.66. The molecule has 0 saturated heterocycles. The van der Waals surface area contributed by atoms with Gasteiger partial charge in [-0.2, -0.15) is 0 Å². The molecule has 2 aliphatic rings. The van der Waals surface area contributed by atoms with E-state index in [2.05, 4.69) is 28.2 Å². The Morgan fingerprint density at radius 2 is 1.94 bits per heavy atom. The molecule has 0 radical (unpaired) electrons. The van der Waals surface area contributed by atoms with Crippen LogP contribution in [0.1, 0.15) is 24.4 Å². The molecule has 7 nitrogen and oxygen atoms in total. The highest BCUT2D eigenvalue weighted by Gasteiger charge is 2.70. The first-order valence-electron chi connectivity index (χ1n) is 10.7. The van der Waals surface area contributed by atoms with Crippen molar-refractivity contribution in [2.75, 3.05) is 11.5 Å². The van der Waals surface area contributed by atoms with Gasteiger partial charge in [-0.1, -0.05) is 12.1 Å². The number of aryl methyl sites for hydroxylation is 1. The van der Waals surface area contributed by atoms with Gasteiger partial charge in [-0.3, -0.25) is 0 Å². The maximum atomic E-state index is 11.0. The van der Waals surface area contributed by atoms with Gasteiger partial charge >= 0.3 is 0 Å². The van der Waals surface area contributed by atoms with E-state index in [0.717, 1.165) is 46.8 Å². The van der Waals surface area contributed by atoms with Crippen LogP contribution in [0.5, 0.6) is 0 Å². The fourth-order valence-corrected chi connectivity index (χ4v) is 5.74. The van der Waals surface area contributed by atoms with Gasteiger partial charge in [0.15, 0.2) is 0 Å². The maximum Gasteiger partial charge on any atom is 0.142 e. The van der Waals surface area contributed by atoms with Gasteiger partial charge in [-0.15, -0.1) is 0 Å². The van der Waals surface area contributed by atoms with Crippen molar-refractivity contribution in [1.29, 1.82) is 0 Å². The predicted octanol–water partition coefficient (Wildman–Crippen LogP) is 2.66. The van der Waals surface area contributed by atoms with Crippen LogP contribution in [0.25, 0.3) is 21.9 Å². The van der Waals surface area contributed by atoms with Crippen molar-refractivity contribution < 1.29 is 10.2 Å². The molecule has 4 aromatic rings. The van der Waals surface area contributed by atoms with E-state index in [1.165, 1.54) is 0 Å². The molecule has 31 heavy (non-hydrogen) atoms. The molecule has 3 heterocycles. The molecule has 2 fully saturated rings. The van der Waals surface area contributed by atoms with Gasteiger partial charge in [0, 0.05) is 34.3 Å². The second-order valence-corrected chi connectivity index (χ2v) is 9.09. The lowest BCUT2D eigenvalue weighted by Crippen LogP contribution is -2.34. The minimum atomic E-state index is -0.823. The van der Waals surface area contributed by atoms with Gasteiger partial charge in [-0.05, 0) is 61.1 Å². The highest BCUT2D eigenvalue weighted by atomic mass is 16.3. The molecular formula is C24H25N5O2. The number of rotatable bonds is 4. The van der Waals surface area contributed by atoms with Crippen molar-refractivity contribution in [2.24, 2.45) is 11.3 Å². The number of benzene rings is 1. The van der Waals surface area contributed by atoms with Crippen LogP contribution in [0.3, 0.4) is 0 Å². The van der Waals surface area contributed by atoms with Crippen LogP contribution in [0.2, 0.25) is 0 Å². The number of fused-ring (bicyclic) bond motifs is 3. The summed E-state index contributed by atoms with van der Waals surface area (Å²) >= 11 is 0. The van der Waals surface area contributed by atoms with E-state index in [1.807, 2.05) is 22.9 Å². The van der Waals surface area contributed by atoms with E-state index >= 15 is 0 Å². The Morgan fingerprint density at radius 3 is 2.81 bits per heavy atom. The van der Waals surface area contributed by atoms with Crippen LogP contribution in [0.15, 0.2) is 54.9 Å². The topological polar surface area (TPSA) is 123 Å². The molecule has 2 aliphatic carbocycles. The Morgan fingerprint density at radius 1 is 1.10 bits per heavy atom. The number of nitrogens with zero attached hydrogens (tertiary/aromatic N) is 3. The molecule has 0 spiro atoms. The van der Waals surface area contributed by atoms with Crippen LogP contribution in [0, 0.1) is 11.3 Å². The molecule has 158 valence electrons. The quantitative estimate of drug-likeness (QED) is 0.406. The smallest absolute Gasteiger partial charge is 0.142 e. The third-order valence-electron chi connectivity index (χ3n) is 7.48. The fraction of sp³-hybridized carbons (Fsp3) is 0.333. The lowest BCUT2D eigenvalue weighted by atomic mass is 9.91. The number of aliphatic hydroxyl groups excluding tert-OH is 2. The molecule has 0 aliphatic heterocycles. The summed E-state index contributed by atoms with van der Waals surface area (Å²) in [5.74, 6) is 0.724. The van der Waals surface area contributed by atoms with E-state index < -0.39 is 12.2 Å². The normalized spacial score (nSPS) is 29.5. The van der Waals surface area contributed by atoms with Crippen LogP contribution in [0.4, 0.5) is 11.5 Å². The van der Waals surface area contributed by atoms with Gasteiger partial charge in [0.25, 0.3) is 0 Å². The number of pyridine rings is 2. The monoisotopic (exact) mass is 415 g/mol. The van der Waals surface area contributed by atoms with E-state index in [9.17, 15) is 10.2 Å². The number of hydrogen-bond acceptors (Lipinski definition) is 6. The Balaban J connectivity index is 1.27. The average molecular weight is 415 g/mol. The van der Waals surface area contributed by atoms with Gasteiger partial charge in [0.1, 0.15) is 17.6 Å². The van der Waals surface area contributed by atoms with Crippen molar-refractivity contribution in [3.05, 3.63) is 60.4 Å². The minimum Gasteiger partial charge on any atom is -0.398 e. The number of aromatic nitrogens is 3. The standard InChI is InChI=1S/C24H25N5O2/c25-17-6-9-27-23-15(17)7-10-29(23)20-16-12-24(16,22(31)21(20)30)8-5-13-1-2-14-3-4-19(26)28-18(14)11-13/h1-4,6-7,9-11,16,20-22,30-31H,5,8,12H2,(H2,25,27)(H2,26,28)/t16-,20-,21+,22+,24-/m1/s1. The zero-order chi connectivity index (χ0) is 21.3. The summed E-state index contributed by atoms with van der Waals surface area (Å²) < 4.78 is 2.00. The highest BCUT2D eigenvalue weighted by molar-refractivity contribution is 5.88. The van der Waals surface area contributed by atoms with E-state index in [0.29, 0.717) is 11.5 Å². The van der Waals surface area contributed by atoms with E-state index in [-0.39, 0.29) is 17.4 Å². The Bertz CT molecular complexity index is 1320. The predicted molar refractivity (Wildman–Crippen MR) is 120 cm³/mol. The fourth-order valence-electron chi connectivity index (χ4n) is 5.74. The number of nitrogen functional groups attached to an aromatic ring is 2. The first kappa shape index (κ1) is 18.6. The van der Waals surface area contributed by atoms with Crippen molar-refractivity contribution in [2.45, 2.75) is 37.5 Å². The van der Waals surface area contributed by atoms with Crippen LogP contribution in [-0.2, 0) is 6.42 Å². The van der Waals surface area contributed by atoms with Gasteiger partial charge < -0.3 is 26.2 Å². The Kier molecular flexibility index (Phi) is 3.85. The Hall–Kier alpha value is -3.16. The van der Waals surface area contributed by atoms with Gasteiger partial charge in [-0.25, -0.2) is 9.97 Å². The molecule has 7 heteroatoms. The van der Waals surface area contributed by atoms with Crippen LogP contribution in [-0.4, -0.2) is 37.0 Å². The summed E-state index contributed by atoms with van der Waals surface area (Å²) in [4.78, 5) is 8.90. The summed E-state index contributed by atoms with van der Waals surface area (Å²) in [7, 11) is 0. The Labute approximate surface area is 179 Å². The minimum absolute atomic E-state index is 0.195. The number of anilines is 2. The first-order chi connectivity index (χ1) is 15.0.